The maximum Gasteiger partial charge on any atom is 0.342 e. The van der Waals surface area contributed by atoms with Crippen molar-refractivity contribution in [1.82, 2.24) is 0 Å². The molecule has 0 saturated carbocycles. The van der Waals surface area contributed by atoms with Gasteiger partial charge in [-0.25, -0.2) is 4.79 Å². The highest BCUT2D eigenvalue weighted by molar-refractivity contribution is 6.33. The first-order chi connectivity index (χ1) is 12.3. The molecule has 0 aliphatic carbocycles. The van der Waals surface area contributed by atoms with Gasteiger partial charge in [0.15, 0.2) is 5.78 Å². The van der Waals surface area contributed by atoms with Crippen LogP contribution in [0.15, 0.2) is 18.2 Å². The molecule has 0 unspecified atom stereocenters. The number of esters is 1. The van der Waals surface area contributed by atoms with Gasteiger partial charge in [0.1, 0.15) is 22.8 Å². The molecule has 1 N–H and O–H groups in total. The fourth-order valence-corrected chi connectivity index (χ4v) is 2.92. The maximum absolute atomic E-state index is 12.7. The van der Waals surface area contributed by atoms with Crippen LogP contribution in [0.2, 0.25) is 5.02 Å². The Morgan fingerprint density at radius 1 is 1.27 bits per heavy atom. The Balaban J connectivity index is 2.50. The Kier molecular flexibility index (Phi) is 6.80. The summed E-state index contributed by atoms with van der Waals surface area (Å²) in [4.78, 5) is 36.7. The molecule has 140 valence electrons. The Labute approximate surface area is 156 Å². The van der Waals surface area contributed by atoms with Crippen molar-refractivity contribution in [2.45, 2.75) is 45.1 Å². The van der Waals surface area contributed by atoms with E-state index >= 15 is 0 Å². The number of carbonyl (C=O) groups is 3. The van der Waals surface area contributed by atoms with E-state index < -0.39 is 12.1 Å². The van der Waals surface area contributed by atoms with Gasteiger partial charge < -0.3 is 14.6 Å². The number of rotatable bonds is 1. The first kappa shape index (κ1) is 20.0. The minimum absolute atomic E-state index is 0.00675. The van der Waals surface area contributed by atoms with Gasteiger partial charge in [0, 0.05) is 30.9 Å². The van der Waals surface area contributed by atoms with Gasteiger partial charge in [-0.2, -0.15) is 0 Å². The van der Waals surface area contributed by atoms with E-state index in [2.05, 4.69) is 0 Å². The number of hydrogen-bond donors (Lipinski definition) is 1. The standard InChI is InChI=1S/C19H21ClO6/c1-11-7-8-12(21)5-3-4-6-13(22)9-14-17(19(24)26-11)16(25-2)10-15(23)18(14)20/h4,6,10-11,23H,3,5,7-9H2,1-2H3/b6-4-/t11-/m0/s1. The van der Waals surface area contributed by atoms with Gasteiger partial charge in [0.05, 0.1) is 18.2 Å². The number of cyclic esters (lactones) is 1. The van der Waals surface area contributed by atoms with Crippen LogP contribution in [0.1, 0.15) is 48.5 Å². The molecule has 0 aromatic heterocycles. The van der Waals surface area contributed by atoms with Gasteiger partial charge >= 0.3 is 5.97 Å². The maximum atomic E-state index is 12.7. The fourth-order valence-electron chi connectivity index (χ4n) is 2.71. The molecule has 1 aromatic carbocycles. The topological polar surface area (TPSA) is 89.9 Å². The molecule has 6 nitrogen and oxygen atoms in total. The summed E-state index contributed by atoms with van der Waals surface area (Å²) in [6.45, 7) is 1.69. The van der Waals surface area contributed by atoms with E-state index in [4.69, 9.17) is 21.1 Å². The second kappa shape index (κ2) is 8.85. The second-order valence-electron chi connectivity index (χ2n) is 6.14. The molecule has 7 heteroatoms. The average molecular weight is 381 g/mol. The molecule has 0 spiro atoms. The molecule has 1 aliphatic rings. The summed E-state index contributed by atoms with van der Waals surface area (Å²) in [6.07, 6.45) is 3.76. The number of carbonyl (C=O) groups excluding carboxylic acids is 3. The van der Waals surface area contributed by atoms with Crippen molar-refractivity contribution in [3.63, 3.8) is 0 Å². The number of ketones is 2. The van der Waals surface area contributed by atoms with Gasteiger partial charge in [-0.3, -0.25) is 9.59 Å². The van der Waals surface area contributed by atoms with Crippen molar-refractivity contribution in [2.75, 3.05) is 7.11 Å². The summed E-state index contributed by atoms with van der Waals surface area (Å²) in [5, 5.41) is 9.89. The highest BCUT2D eigenvalue weighted by Crippen LogP contribution is 2.37. The lowest BCUT2D eigenvalue weighted by Crippen LogP contribution is -2.19. The van der Waals surface area contributed by atoms with Crippen molar-refractivity contribution in [2.24, 2.45) is 0 Å². The lowest BCUT2D eigenvalue weighted by atomic mass is 9.99. The average Bonchev–Trinajstić information content (AvgIpc) is 2.59. The Morgan fingerprint density at radius 2 is 2.00 bits per heavy atom. The molecule has 1 aromatic rings. The van der Waals surface area contributed by atoms with Gasteiger partial charge in [0.2, 0.25) is 0 Å². The number of phenolic OH excluding ortho intramolecular Hbond substituents is 1. The summed E-state index contributed by atoms with van der Waals surface area (Å²) in [5.74, 6) is -1.20. The minimum atomic E-state index is -0.715. The summed E-state index contributed by atoms with van der Waals surface area (Å²) >= 11 is 6.14. The molecule has 0 saturated heterocycles. The molecular formula is C19H21ClO6. The van der Waals surface area contributed by atoms with Crippen LogP contribution in [0, 0.1) is 0 Å². The van der Waals surface area contributed by atoms with Crippen molar-refractivity contribution in [1.29, 1.82) is 0 Å². The quantitative estimate of drug-likeness (QED) is 0.751. The number of aromatic hydroxyl groups is 1. The fraction of sp³-hybridized carbons (Fsp3) is 0.421. The number of ether oxygens (including phenoxy) is 2. The zero-order chi connectivity index (χ0) is 19.3. The van der Waals surface area contributed by atoms with E-state index in [-0.39, 0.29) is 52.1 Å². The van der Waals surface area contributed by atoms with Gasteiger partial charge in [-0.1, -0.05) is 17.7 Å². The largest absolute Gasteiger partial charge is 0.506 e. The predicted molar refractivity (Wildman–Crippen MR) is 95.9 cm³/mol. The first-order valence-electron chi connectivity index (χ1n) is 8.33. The smallest absolute Gasteiger partial charge is 0.342 e. The zero-order valence-electron chi connectivity index (χ0n) is 14.7. The summed E-state index contributed by atoms with van der Waals surface area (Å²) < 4.78 is 10.6. The van der Waals surface area contributed by atoms with Crippen molar-refractivity contribution in [3.8, 4) is 11.5 Å². The normalized spacial score (nSPS) is 20.7. The third-order valence-electron chi connectivity index (χ3n) is 4.11. The molecule has 0 radical (unpaired) electrons. The third-order valence-corrected chi connectivity index (χ3v) is 4.53. The van der Waals surface area contributed by atoms with Crippen molar-refractivity contribution in [3.05, 3.63) is 34.4 Å². The molecule has 1 heterocycles. The number of benzene rings is 1. The zero-order valence-corrected chi connectivity index (χ0v) is 15.5. The number of hydrogen-bond acceptors (Lipinski definition) is 6. The van der Waals surface area contributed by atoms with E-state index in [1.807, 2.05) is 0 Å². The van der Waals surface area contributed by atoms with Gasteiger partial charge in [-0.05, 0) is 25.8 Å². The summed E-state index contributed by atoms with van der Waals surface area (Å²) in [6, 6.07) is 1.21. The van der Waals surface area contributed by atoms with E-state index in [0.717, 1.165) is 0 Å². The van der Waals surface area contributed by atoms with Crippen LogP contribution in [-0.2, 0) is 20.7 Å². The second-order valence-corrected chi connectivity index (χ2v) is 6.52. The lowest BCUT2D eigenvalue weighted by molar-refractivity contribution is -0.119. The molecule has 26 heavy (non-hydrogen) atoms. The summed E-state index contributed by atoms with van der Waals surface area (Å²) in [5.41, 5.74) is 0.163. The Morgan fingerprint density at radius 3 is 2.69 bits per heavy atom. The molecule has 1 aliphatic heterocycles. The first-order valence-corrected chi connectivity index (χ1v) is 8.71. The number of methoxy groups -OCH3 is 1. The molecule has 0 fully saturated rings. The van der Waals surface area contributed by atoms with Crippen LogP contribution >= 0.6 is 11.6 Å². The number of Topliss-reactive ketones (excluding diaryl/α,β-unsaturated/α-hetero) is 1. The minimum Gasteiger partial charge on any atom is -0.506 e. The molecule has 0 amide bonds. The summed E-state index contributed by atoms with van der Waals surface area (Å²) in [7, 11) is 1.34. The molecule has 1 atom stereocenters. The van der Waals surface area contributed by atoms with Crippen LogP contribution in [0.4, 0.5) is 0 Å². The van der Waals surface area contributed by atoms with E-state index in [1.165, 1.54) is 19.3 Å². The Bertz CT molecular complexity index is 753. The van der Waals surface area contributed by atoms with Crippen molar-refractivity contribution >= 4 is 29.1 Å². The number of fused-ring (bicyclic) bond motifs is 1. The highest BCUT2D eigenvalue weighted by atomic mass is 35.5. The lowest BCUT2D eigenvalue weighted by Gasteiger charge is -2.18. The van der Waals surface area contributed by atoms with E-state index in [9.17, 15) is 19.5 Å². The number of halogens is 1. The third kappa shape index (κ3) is 4.85. The number of allylic oxidation sites excluding steroid dienone is 2. The SMILES string of the molecule is COc1cc(O)c(Cl)c2c1C(=O)O[C@@H](C)CCC(=O)CC/C=C\C(=O)C2. The van der Waals surface area contributed by atoms with E-state index in [1.54, 1.807) is 13.0 Å². The van der Waals surface area contributed by atoms with Crippen LogP contribution in [0.25, 0.3) is 0 Å². The molecule has 2 rings (SSSR count). The van der Waals surface area contributed by atoms with Crippen molar-refractivity contribution < 1.29 is 29.0 Å². The van der Waals surface area contributed by atoms with Crippen LogP contribution in [0.5, 0.6) is 11.5 Å². The van der Waals surface area contributed by atoms with E-state index in [0.29, 0.717) is 19.3 Å². The molecule has 0 bridgehead atoms. The van der Waals surface area contributed by atoms with Crippen LogP contribution in [-0.4, -0.2) is 35.9 Å². The monoisotopic (exact) mass is 380 g/mol. The molecular weight excluding hydrogens is 360 g/mol. The highest BCUT2D eigenvalue weighted by Gasteiger charge is 2.26. The predicted octanol–water partition coefficient (Wildman–Crippen LogP) is 3.41. The van der Waals surface area contributed by atoms with Crippen LogP contribution in [0.3, 0.4) is 0 Å². The van der Waals surface area contributed by atoms with Gasteiger partial charge in [0.25, 0.3) is 0 Å². The Hall–Kier alpha value is -2.34. The van der Waals surface area contributed by atoms with Gasteiger partial charge in [-0.15, -0.1) is 0 Å². The number of phenols is 1. The van der Waals surface area contributed by atoms with Crippen LogP contribution < -0.4 is 4.74 Å².